The van der Waals surface area contributed by atoms with Crippen LogP contribution in [-0.2, 0) is 9.53 Å². The zero-order chi connectivity index (χ0) is 20.4. The molecule has 0 aliphatic rings. The Morgan fingerprint density at radius 1 is 1.11 bits per heavy atom. The number of nitrogens with one attached hydrogen (secondary N) is 2. The molecule has 0 atom stereocenters. The number of benzene rings is 2. The molecule has 2 rings (SSSR count). The molecule has 28 heavy (non-hydrogen) atoms. The Balaban J connectivity index is 2.02. The zero-order valence-electron chi connectivity index (χ0n) is 14.8. The molecule has 0 aromatic heterocycles. The molecule has 7 nitrogen and oxygen atoms in total. The third kappa shape index (κ3) is 6.00. The van der Waals surface area contributed by atoms with Crippen molar-refractivity contribution in [3.05, 3.63) is 72.3 Å². The van der Waals surface area contributed by atoms with Crippen LogP contribution in [0.1, 0.15) is 15.9 Å². The van der Waals surface area contributed by atoms with Crippen LogP contribution in [0.3, 0.4) is 0 Å². The highest BCUT2D eigenvalue weighted by Crippen LogP contribution is 2.32. The highest BCUT2D eigenvalue weighted by molar-refractivity contribution is 7.99. The molecule has 0 bridgehead atoms. The molecule has 0 heterocycles. The van der Waals surface area contributed by atoms with E-state index in [-0.39, 0.29) is 12.1 Å². The first-order valence-electron chi connectivity index (χ1n) is 8.17. The van der Waals surface area contributed by atoms with Gasteiger partial charge >= 0.3 is 12.0 Å². The van der Waals surface area contributed by atoms with Gasteiger partial charge in [-0.05, 0) is 24.3 Å². The van der Waals surface area contributed by atoms with Gasteiger partial charge in [-0.15, -0.1) is 6.58 Å². The molecule has 0 saturated carbocycles. The van der Waals surface area contributed by atoms with Gasteiger partial charge in [-0.3, -0.25) is 10.1 Å². The van der Waals surface area contributed by atoms with Crippen molar-refractivity contribution < 1.29 is 19.1 Å². The lowest BCUT2D eigenvalue weighted by Gasteiger charge is -2.10. The van der Waals surface area contributed by atoms with Crippen LogP contribution in [0.2, 0.25) is 0 Å². The zero-order valence-corrected chi connectivity index (χ0v) is 15.6. The summed E-state index contributed by atoms with van der Waals surface area (Å²) in [5.41, 5.74) is 0.740. The lowest BCUT2D eigenvalue weighted by Crippen LogP contribution is -2.41. The van der Waals surface area contributed by atoms with Gasteiger partial charge in [-0.1, -0.05) is 42.1 Å². The summed E-state index contributed by atoms with van der Waals surface area (Å²) in [4.78, 5) is 36.7. The number of hydrogen-bond acceptors (Lipinski definition) is 6. The van der Waals surface area contributed by atoms with E-state index < -0.39 is 24.5 Å². The molecule has 0 fully saturated rings. The van der Waals surface area contributed by atoms with Crippen molar-refractivity contribution in [1.82, 2.24) is 10.6 Å². The molecule has 0 radical (unpaired) electrons. The smallest absolute Gasteiger partial charge is 0.339 e. The van der Waals surface area contributed by atoms with Gasteiger partial charge in [-0.25, -0.2) is 9.59 Å². The molecule has 2 N–H and O–H groups in total. The van der Waals surface area contributed by atoms with E-state index in [9.17, 15) is 19.6 Å². The van der Waals surface area contributed by atoms with E-state index in [0.29, 0.717) is 15.4 Å². The topological polar surface area (TPSA) is 108 Å². The van der Waals surface area contributed by atoms with E-state index in [1.54, 1.807) is 48.5 Å². The van der Waals surface area contributed by atoms with Gasteiger partial charge in [-0.2, -0.15) is 5.26 Å². The lowest BCUT2D eigenvalue weighted by molar-refractivity contribution is -0.123. The Bertz CT molecular complexity index is 937. The Morgan fingerprint density at radius 3 is 2.50 bits per heavy atom. The predicted octanol–water partition coefficient (Wildman–Crippen LogP) is 2.88. The number of ether oxygens (including phenoxy) is 1. The Morgan fingerprint density at radius 2 is 1.79 bits per heavy atom. The minimum absolute atomic E-state index is 0.202. The SMILES string of the molecule is C=CCNC(=O)NC(=O)COC(=O)c1ccccc1Sc1ccccc1C#N. The molecule has 0 aliphatic heterocycles. The van der Waals surface area contributed by atoms with E-state index in [4.69, 9.17) is 4.74 Å². The quantitative estimate of drug-likeness (QED) is 0.551. The number of amides is 3. The summed E-state index contributed by atoms with van der Waals surface area (Å²) in [6, 6.07) is 15.1. The number of urea groups is 1. The van der Waals surface area contributed by atoms with Crippen LogP contribution >= 0.6 is 11.8 Å². The molecule has 142 valence electrons. The number of hydrogen-bond donors (Lipinski definition) is 2. The molecule has 0 aliphatic carbocycles. The van der Waals surface area contributed by atoms with Crippen molar-refractivity contribution in [2.45, 2.75) is 9.79 Å². The first-order chi connectivity index (χ1) is 13.5. The van der Waals surface area contributed by atoms with Gasteiger partial charge in [0.1, 0.15) is 6.07 Å². The van der Waals surface area contributed by atoms with Crippen LogP contribution in [-0.4, -0.2) is 31.1 Å². The van der Waals surface area contributed by atoms with E-state index >= 15 is 0 Å². The summed E-state index contributed by atoms with van der Waals surface area (Å²) >= 11 is 1.25. The fourth-order valence-corrected chi connectivity index (χ4v) is 3.09. The van der Waals surface area contributed by atoms with Gasteiger partial charge in [0.15, 0.2) is 6.61 Å². The summed E-state index contributed by atoms with van der Waals surface area (Å²) in [5, 5.41) is 13.6. The number of rotatable bonds is 7. The molecule has 2 aromatic carbocycles. The first kappa shape index (κ1) is 20.7. The van der Waals surface area contributed by atoms with Gasteiger partial charge in [0.25, 0.3) is 5.91 Å². The van der Waals surface area contributed by atoms with Gasteiger partial charge in [0, 0.05) is 16.3 Å². The second-order valence-corrected chi connectivity index (χ2v) is 6.41. The van der Waals surface area contributed by atoms with E-state index in [0.717, 1.165) is 0 Å². The molecule has 2 aromatic rings. The third-order valence-electron chi connectivity index (χ3n) is 3.33. The molecule has 0 unspecified atom stereocenters. The summed E-state index contributed by atoms with van der Waals surface area (Å²) in [6.07, 6.45) is 1.46. The summed E-state index contributed by atoms with van der Waals surface area (Å²) in [7, 11) is 0. The van der Waals surface area contributed by atoms with Crippen LogP contribution in [0.4, 0.5) is 4.79 Å². The third-order valence-corrected chi connectivity index (χ3v) is 4.48. The minimum Gasteiger partial charge on any atom is -0.452 e. The largest absolute Gasteiger partial charge is 0.452 e. The second-order valence-electron chi connectivity index (χ2n) is 5.33. The number of esters is 1. The first-order valence-corrected chi connectivity index (χ1v) is 8.98. The van der Waals surface area contributed by atoms with Crippen LogP contribution in [0.5, 0.6) is 0 Å². The maximum atomic E-state index is 12.4. The lowest BCUT2D eigenvalue weighted by atomic mass is 10.2. The van der Waals surface area contributed by atoms with Crippen molar-refractivity contribution >= 4 is 29.7 Å². The Labute approximate surface area is 166 Å². The minimum atomic E-state index is -0.755. The van der Waals surface area contributed by atoms with E-state index in [1.807, 2.05) is 5.32 Å². The molecule has 8 heteroatoms. The number of carbonyl (C=O) groups excluding carboxylic acids is 3. The standard InChI is InChI=1S/C20H17N3O4S/c1-2-11-22-20(26)23-18(24)13-27-19(25)15-8-4-6-10-17(15)28-16-9-5-3-7-14(16)12-21/h2-10H,1,11,13H2,(H2,22,23,24,26). The maximum absolute atomic E-state index is 12.4. The van der Waals surface area contributed by atoms with Crippen molar-refractivity contribution in [2.24, 2.45) is 0 Å². The molecular weight excluding hydrogens is 378 g/mol. The van der Waals surface area contributed by atoms with Crippen LogP contribution in [0.15, 0.2) is 71.0 Å². The van der Waals surface area contributed by atoms with Gasteiger partial charge in [0.2, 0.25) is 0 Å². The number of nitrogens with zero attached hydrogens (tertiary/aromatic N) is 1. The monoisotopic (exact) mass is 395 g/mol. The summed E-state index contributed by atoms with van der Waals surface area (Å²) in [5.74, 6) is -1.46. The highest BCUT2D eigenvalue weighted by Gasteiger charge is 2.16. The van der Waals surface area contributed by atoms with Gasteiger partial charge in [0.05, 0.1) is 11.1 Å². The summed E-state index contributed by atoms with van der Waals surface area (Å²) < 4.78 is 5.00. The van der Waals surface area contributed by atoms with Crippen LogP contribution < -0.4 is 10.6 Å². The molecule has 0 spiro atoms. The fraction of sp³-hybridized carbons (Fsp3) is 0.100. The highest BCUT2D eigenvalue weighted by atomic mass is 32.2. The van der Waals surface area contributed by atoms with E-state index in [1.165, 1.54) is 17.8 Å². The number of nitriles is 1. The normalized spacial score (nSPS) is 9.68. The molecular formula is C20H17N3O4S. The van der Waals surface area contributed by atoms with E-state index in [2.05, 4.69) is 18.0 Å². The van der Waals surface area contributed by atoms with Crippen molar-refractivity contribution in [3.63, 3.8) is 0 Å². The fourth-order valence-electron chi connectivity index (χ4n) is 2.07. The average molecular weight is 395 g/mol. The van der Waals surface area contributed by atoms with Crippen LogP contribution in [0.25, 0.3) is 0 Å². The van der Waals surface area contributed by atoms with Gasteiger partial charge < -0.3 is 10.1 Å². The van der Waals surface area contributed by atoms with Crippen molar-refractivity contribution in [1.29, 1.82) is 5.26 Å². The number of carbonyl (C=O) groups is 3. The number of imide groups is 1. The Hall–Kier alpha value is -3.57. The molecule has 3 amide bonds. The van der Waals surface area contributed by atoms with Crippen molar-refractivity contribution in [2.75, 3.05) is 13.2 Å². The average Bonchev–Trinajstić information content (AvgIpc) is 2.71. The molecule has 0 saturated heterocycles. The predicted molar refractivity (Wildman–Crippen MR) is 104 cm³/mol. The van der Waals surface area contributed by atoms with Crippen molar-refractivity contribution in [3.8, 4) is 6.07 Å². The summed E-state index contributed by atoms with van der Waals surface area (Å²) in [6.45, 7) is 3.04. The van der Waals surface area contributed by atoms with Crippen LogP contribution in [0, 0.1) is 11.3 Å². The maximum Gasteiger partial charge on any atom is 0.339 e. The second kappa shape index (κ2) is 10.5. The Kier molecular flexibility index (Phi) is 7.81.